The van der Waals surface area contributed by atoms with Crippen LogP contribution in [0.5, 0.6) is 0 Å². The molecule has 1 saturated carbocycles. The Morgan fingerprint density at radius 2 is 2.10 bits per heavy atom. The summed E-state index contributed by atoms with van der Waals surface area (Å²) in [6, 6.07) is 6.82. The first-order valence-electron chi connectivity index (χ1n) is 7.87. The second-order valence-corrected chi connectivity index (χ2v) is 6.22. The minimum atomic E-state index is 0.382. The first-order valence-corrected chi connectivity index (χ1v) is 7.87. The van der Waals surface area contributed by atoms with Crippen LogP contribution in [-0.4, -0.2) is 34.8 Å². The van der Waals surface area contributed by atoms with Crippen LogP contribution in [0.1, 0.15) is 18.4 Å². The summed E-state index contributed by atoms with van der Waals surface area (Å²) in [5.74, 6) is 0.634. The van der Waals surface area contributed by atoms with Crippen LogP contribution in [0.4, 0.5) is 0 Å². The lowest BCUT2D eigenvalue weighted by atomic mass is 10.0. The maximum Gasteiger partial charge on any atom is 0.0947 e. The lowest BCUT2D eigenvalue weighted by molar-refractivity contribution is -0.0786. The first kappa shape index (κ1) is 13.2. The van der Waals surface area contributed by atoms with Gasteiger partial charge in [0.2, 0.25) is 0 Å². The molecule has 2 fully saturated rings. The molecule has 2 aliphatic rings. The normalized spacial score (nSPS) is 29.6. The molecule has 0 unspecified atom stereocenters. The lowest BCUT2D eigenvalue weighted by Gasteiger charge is -2.39. The summed E-state index contributed by atoms with van der Waals surface area (Å²) in [5.41, 5.74) is 1.27. The van der Waals surface area contributed by atoms with Gasteiger partial charge in [0.1, 0.15) is 0 Å². The SMILES string of the molecule is c1ccn(C[C@@H]2CC[C@@H]3[C@@H]2OCCN3Cc2ccoc2)c1. The second-order valence-electron chi connectivity index (χ2n) is 6.22. The zero-order valence-corrected chi connectivity index (χ0v) is 12.2. The van der Waals surface area contributed by atoms with Crippen LogP contribution in [0.25, 0.3) is 0 Å². The smallest absolute Gasteiger partial charge is 0.0947 e. The fourth-order valence-electron chi connectivity index (χ4n) is 3.91. The standard InChI is InChI=1S/C17H22N2O2/c1-2-7-18(6-1)12-15-3-4-16-17(15)21-10-8-19(16)11-14-5-9-20-13-14/h1-2,5-7,9,13,15-17H,3-4,8,10-12H2/t15-,16+,17+/m0/s1. The molecular weight excluding hydrogens is 264 g/mol. The van der Waals surface area contributed by atoms with Gasteiger partial charge in [-0.15, -0.1) is 0 Å². The average molecular weight is 286 g/mol. The van der Waals surface area contributed by atoms with E-state index in [1.807, 2.05) is 6.26 Å². The zero-order valence-electron chi connectivity index (χ0n) is 12.2. The maximum absolute atomic E-state index is 6.13. The van der Waals surface area contributed by atoms with E-state index < -0.39 is 0 Å². The Morgan fingerprint density at radius 1 is 1.19 bits per heavy atom. The molecule has 112 valence electrons. The van der Waals surface area contributed by atoms with Gasteiger partial charge in [-0.1, -0.05) is 0 Å². The van der Waals surface area contributed by atoms with E-state index in [-0.39, 0.29) is 0 Å². The van der Waals surface area contributed by atoms with Gasteiger partial charge in [0.15, 0.2) is 0 Å². The first-order chi connectivity index (χ1) is 10.4. The van der Waals surface area contributed by atoms with Crippen LogP contribution in [0.3, 0.4) is 0 Å². The van der Waals surface area contributed by atoms with Gasteiger partial charge >= 0.3 is 0 Å². The number of morpholine rings is 1. The Labute approximate surface area is 125 Å². The summed E-state index contributed by atoms with van der Waals surface area (Å²) in [5, 5.41) is 0. The topological polar surface area (TPSA) is 30.5 Å². The number of fused-ring (bicyclic) bond motifs is 1. The average Bonchev–Trinajstić information content (AvgIpc) is 3.22. The third-order valence-electron chi connectivity index (χ3n) is 4.91. The Balaban J connectivity index is 1.44. The third kappa shape index (κ3) is 2.65. The van der Waals surface area contributed by atoms with Crippen molar-refractivity contribution in [3.05, 3.63) is 48.7 Å². The molecule has 0 spiro atoms. The van der Waals surface area contributed by atoms with Crippen molar-refractivity contribution in [2.45, 2.75) is 38.1 Å². The monoisotopic (exact) mass is 286 g/mol. The summed E-state index contributed by atoms with van der Waals surface area (Å²) in [7, 11) is 0. The van der Waals surface area contributed by atoms with Gasteiger partial charge in [-0.3, -0.25) is 4.90 Å². The highest BCUT2D eigenvalue weighted by Crippen LogP contribution is 2.36. The van der Waals surface area contributed by atoms with Gasteiger partial charge < -0.3 is 13.7 Å². The Kier molecular flexibility index (Phi) is 3.57. The van der Waals surface area contributed by atoms with Crippen molar-refractivity contribution in [1.82, 2.24) is 9.47 Å². The molecule has 1 aliphatic carbocycles. The molecule has 1 aliphatic heterocycles. The van der Waals surface area contributed by atoms with Crippen molar-refractivity contribution < 1.29 is 9.15 Å². The van der Waals surface area contributed by atoms with Crippen LogP contribution in [-0.2, 0) is 17.8 Å². The van der Waals surface area contributed by atoms with E-state index in [9.17, 15) is 0 Å². The van der Waals surface area contributed by atoms with Crippen molar-refractivity contribution in [2.75, 3.05) is 13.2 Å². The summed E-state index contributed by atoms with van der Waals surface area (Å²) in [4.78, 5) is 2.58. The summed E-state index contributed by atoms with van der Waals surface area (Å²) < 4.78 is 13.6. The van der Waals surface area contributed by atoms with Gasteiger partial charge in [0, 0.05) is 49.6 Å². The molecule has 21 heavy (non-hydrogen) atoms. The Bertz CT molecular complexity index is 549. The molecule has 4 heteroatoms. The van der Waals surface area contributed by atoms with Crippen LogP contribution >= 0.6 is 0 Å². The van der Waals surface area contributed by atoms with Crippen molar-refractivity contribution in [3.8, 4) is 0 Å². The van der Waals surface area contributed by atoms with E-state index in [0.717, 1.165) is 26.2 Å². The fourth-order valence-corrected chi connectivity index (χ4v) is 3.91. The molecule has 0 bridgehead atoms. The predicted octanol–water partition coefficient (Wildman–Crippen LogP) is 2.76. The van der Waals surface area contributed by atoms with Gasteiger partial charge in [0.25, 0.3) is 0 Å². The Morgan fingerprint density at radius 3 is 2.90 bits per heavy atom. The second kappa shape index (κ2) is 5.70. The maximum atomic E-state index is 6.13. The van der Waals surface area contributed by atoms with E-state index in [4.69, 9.17) is 9.15 Å². The molecule has 4 nitrogen and oxygen atoms in total. The molecule has 0 aromatic carbocycles. The predicted molar refractivity (Wildman–Crippen MR) is 79.8 cm³/mol. The van der Waals surface area contributed by atoms with Crippen LogP contribution in [0.15, 0.2) is 47.5 Å². The summed E-state index contributed by atoms with van der Waals surface area (Å²) in [6.07, 6.45) is 10.8. The minimum absolute atomic E-state index is 0.382. The number of rotatable bonds is 4. The number of hydrogen-bond donors (Lipinski definition) is 0. The van der Waals surface area contributed by atoms with Crippen LogP contribution < -0.4 is 0 Å². The summed E-state index contributed by atoms with van der Waals surface area (Å²) in [6.45, 7) is 3.94. The number of furan rings is 1. The third-order valence-corrected chi connectivity index (χ3v) is 4.91. The molecule has 0 N–H and O–H groups in total. The molecule has 2 aromatic heterocycles. The largest absolute Gasteiger partial charge is 0.472 e. The highest BCUT2D eigenvalue weighted by molar-refractivity contribution is 5.07. The molecule has 3 atom stereocenters. The number of nitrogens with zero attached hydrogens (tertiary/aromatic N) is 2. The van der Waals surface area contributed by atoms with E-state index in [2.05, 4.69) is 40.1 Å². The van der Waals surface area contributed by atoms with Crippen molar-refractivity contribution in [3.63, 3.8) is 0 Å². The zero-order chi connectivity index (χ0) is 14.1. The van der Waals surface area contributed by atoms with Crippen LogP contribution in [0.2, 0.25) is 0 Å². The van der Waals surface area contributed by atoms with Crippen molar-refractivity contribution >= 4 is 0 Å². The molecule has 2 aromatic rings. The number of aromatic nitrogens is 1. The van der Waals surface area contributed by atoms with Crippen molar-refractivity contribution in [2.24, 2.45) is 5.92 Å². The fraction of sp³-hybridized carbons (Fsp3) is 0.529. The van der Waals surface area contributed by atoms with Gasteiger partial charge in [0.05, 0.1) is 25.2 Å². The van der Waals surface area contributed by atoms with Gasteiger partial charge in [-0.2, -0.15) is 0 Å². The van der Waals surface area contributed by atoms with E-state index in [1.54, 1.807) is 6.26 Å². The lowest BCUT2D eigenvalue weighted by Crippen LogP contribution is -2.50. The molecule has 4 rings (SSSR count). The quantitative estimate of drug-likeness (QED) is 0.866. The number of hydrogen-bond acceptors (Lipinski definition) is 3. The summed E-state index contributed by atoms with van der Waals surface area (Å²) >= 11 is 0. The highest BCUT2D eigenvalue weighted by Gasteiger charge is 2.42. The Hall–Kier alpha value is -1.52. The molecule has 3 heterocycles. The van der Waals surface area contributed by atoms with E-state index in [0.29, 0.717) is 18.1 Å². The number of ether oxygens (including phenoxy) is 1. The van der Waals surface area contributed by atoms with Gasteiger partial charge in [-0.25, -0.2) is 0 Å². The van der Waals surface area contributed by atoms with Crippen molar-refractivity contribution in [1.29, 1.82) is 0 Å². The van der Waals surface area contributed by atoms with E-state index in [1.165, 1.54) is 18.4 Å². The molecule has 0 amide bonds. The van der Waals surface area contributed by atoms with Gasteiger partial charge in [-0.05, 0) is 31.0 Å². The molecule has 0 radical (unpaired) electrons. The van der Waals surface area contributed by atoms with Crippen LogP contribution in [0, 0.1) is 5.92 Å². The molecule has 1 saturated heterocycles. The van der Waals surface area contributed by atoms with E-state index >= 15 is 0 Å². The molecular formula is C17H22N2O2. The minimum Gasteiger partial charge on any atom is -0.472 e. The highest BCUT2D eigenvalue weighted by atomic mass is 16.5.